The molecular weight excluding hydrogens is 448 g/mol. The molecule has 35 heavy (non-hydrogen) atoms. The number of aryl methyl sites for hydroxylation is 1. The number of phenols is 1. The van der Waals surface area contributed by atoms with Gasteiger partial charge in [0.15, 0.2) is 11.5 Å². The van der Waals surface area contributed by atoms with Gasteiger partial charge in [-0.25, -0.2) is 9.69 Å². The number of benzene rings is 3. The van der Waals surface area contributed by atoms with E-state index >= 15 is 0 Å². The van der Waals surface area contributed by atoms with Crippen LogP contribution in [0.25, 0.3) is 6.08 Å². The summed E-state index contributed by atoms with van der Waals surface area (Å²) >= 11 is 0. The molecule has 3 aromatic carbocycles. The Morgan fingerprint density at radius 1 is 0.943 bits per heavy atom. The first kappa shape index (κ1) is 23.6. The molecule has 0 bridgehead atoms. The van der Waals surface area contributed by atoms with Crippen molar-refractivity contribution in [1.29, 1.82) is 0 Å². The molecule has 1 aliphatic heterocycles. The van der Waals surface area contributed by atoms with E-state index in [0.29, 0.717) is 30.3 Å². The van der Waals surface area contributed by atoms with E-state index in [4.69, 9.17) is 9.47 Å². The van der Waals surface area contributed by atoms with Gasteiger partial charge in [-0.1, -0.05) is 35.9 Å². The van der Waals surface area contributed by atoms with Crippen LogP contribution in [0.4, 0.5) is 10.5 Å². The van der Waals surface area contributed by atoms with E-state index < -0.39 is 17.8 Å². The van der Waals surface area contributed by atoms with E-state index in [0.717, 1.165) is 16.0 Å². The van der Waals surface area contributed by atoms with Crippen LogP contribution >= 0.6 is 0 Å². The van der Waals surface area contributed by atoms with Crippen molar-refractivity contribution in [3.8, 4) is 17.2 Å². The normalized spacial score (nSPS) is 14.7. The lowest BCUT2D eigenvalue weighted by molar-refractivity contribution is -0.122. The zero-order valence-corrected chi connectivity index (χ0v) is 19.3. The molecule has 3 aromatic rings. The Kier molecular flexibility index (Phi) is 6.82. The third-order valence-corrected chi connectivity index (χ3v) is 5.27. The van der Waals surface area contributed by atoms with Crippen LogP contribution in [0.3, 0.4) is 0 Å². The van der Waals surface area contributed by atoms with Crippen LogP contribution in [-0.2, 0) is 16.2 Å². The lowest BCUT2D eigenvalue weighted by Gasteiger charge is -2.26. The number of carbonyl (C=O) groups excluding carboxylic acids is 3. The van der Waals surface area contributed by atoms with E-state index in [1.165, 1.54) is 30.3 Å². The van der Waals surface area contributed by atoms with Gasteiger partial charge in [0.2, 0.25) is 0 Å². The minimum atomic E-state index is -0.863. The zero-order chi connectivity index (χ0) is 24.9. The van der Waals surface area contributed by atoms with Crippen molar-refractivity contribution >= 4 is 29.6 Å². The van der Waals surface area contributed by atoms with Crippen LogP contribution in [0, 0.1) is 6.92 Å². The summed E-state index contributed by atoms with van der Waals surface area (Å²) in [4.78, 5) is 38.7. The highest BCUT2D eigenvalue weighted by atomic mass is 16.5. The zero-order valence-electron chi connectivity index (χ0n) is 19.3. The predicted molar refractivity (Wildman–Crippen MR) is 130 cm³/mol. The first-order chi connectivity index (χ1) is 16.9. The highest BCUT2D eigenvalue weighted by molar-refractivity contribution is 6.39. The minimum absolute atomic E-state index is 0.0152. The van der Waals surface area contributed by atoms with Gasteiger partial charge in [-0.2, -0.15) is 0 Å². The van der Waals surface area contributed by atoms with Crippen molar-refractivity contribution < 1.29 is 29.0 Å². The highest BCUT2D eigenvalue weighted by Gasteiger charge is 2.36. The van der Waals surface area contributed by atoms with Crippen LogP contribution in [0.15, 0.2) is 72.3 Å². The average Bonchev–Trinajstić information content (AvgIpc) is 2.82. The molecule has 0 spiro atoms. The maximum atomic E-state index is 13.1. The largest absolute Gasteiger partial charge is 0.508 e. The van der Waals surface area contributed by atoms with Gasteiger partial charge in [0.1, 0.15) is 17.9 Å². The third kappa shape index (κ3) is 5.33. The monoisotopic (exact) mass is 472 g/mol. The van der Waals surface area contributed by atoms with E-state index in [-0.39, 0.29) is 17.0 Å². The summed E-state index contributed by atoms with van der Waals surface area (Å²) in [5.41, 5.74) is 2.68. The maximum absolute atomic E-state index is 13.1. The first-order valence-electron chi connectivity index (χ1n) is 11.0. The van der Waals surface area contributed by atoms with Crippen LogP contribution < -0.4 is 19.7 Å². The molecular formula is C27H24N2O6. The summed E-state index contributed by atoms with van der Waals surface area (Å²) in [7, 11) is 0. The molecule has 1 aliphatic rings. The molecule has 2 N–H and O–H groups in total. The number of urea groups is 1. The number of nitrogens with zero attached hydrogens (tertiary/aromatic N) is 1. The van der Waals surface area contributed by atoms with Crippen LogP contribution in [0.2, 0.25) is 0 Å². The number of hydrogen-bond acceptors (Lipinski definition) is 6. The highest BCUT2D eigenvalue weighted by Crippen LogP contribution is 2.31. The Balaban J connectivity index is 1.61. The van der Waals surface area contributed by atoms with Crippen molar-refractivity contribution in [2.75, 3.05) is 11.5 Å². The standard InChI is InChI=1S/C27H24N2O6/c1-3-34-24-15-18(7-12-23(24)35-16-19-6-4-5-17(2)13-19)14-22-25(31)28-27(33)29(26(22)32)20-8-10-21(30)11-9-20/h4-15,30H,3,16H2,1-2H3,(H,28,31,33)/b22-14+. The van der Waals surface area contributed by atoms with Gasteiger partial charge in [0, 0.05) is 0 Å². The number of imide groups is 2. The number of nitrogens with one attached hydrogen (secondary N) is 1. The molecule has 0 radical (unpaired) electrons. The number of ether oxygens (including phenoxy) is 2. The summed E-state index contributed by atoms with van der Waals surface area (Å²) < 4.78 is 11.7. The predicted octanol–water partition coefficient (Wildman–Crippen LogP) is 4.34. The van der Waals surface area contributed by atoms with E-state index in [1.54, 1.807) is 18.2 Å². The second-order valence-electron chi connectivity index (χ2n) is 7.89. The lowest BCUT2D eigenvalue weighted by Crippen LogP contribution is -2.54. The number of aromatic hydroxyl groups is 1. The van der Waals surface area contributed by atoms with Crippen molar-refractivity contribution in [1.82, 2.24) is 5.32 Å². The van der Waals surface area contributed by atoms with Crippen molar-refractivity contribution in [2.24, 2.45) is 0 Å². The quantitative estimate of drug-likeness (QED) is 0.391. The smallest absolute Gasteiger partial charge is 0.335 e. The molecule has 8 heteroatoms. The third-order valence-electron chi connectivity index (χ3n) is 5.27. The molecule has 178 valence electrons. The summed E-state index contributed by atoms with van der Waals surface area (Å²) in [5, 5.41) is 11.7. The first-order valence-corrected chi connectivity index (χ1v) is 11.0. The molecule has 0 saturated carbocycles. The van der Waals surface area contributed by atoms with Crippen molar-refractivity contribution in [3.05, 3.63) is 89.0 Å². The van der Waals surface area contributed by atoms with Crippen molar-refractivity contribution in [3.63, 3.8) is 0 Å². The molecule has 0 atom stereocenters. The Labute approximate surface area is 202 Å². The molecule has 0 aromatic heterocycles. The fourth-order valence-corrected chi connectivity index (χ4v) is 3.63. The van der Waals surface area contributed by atoms with Gasteiger partial charge in [-0.15, -0.1) is 0 Å². The number of amides is 4. The molecule has 4 rings (SSSR count). The van der Waals surface area contributed by atoms with Gasteiger partial charge in [0.05, 0.1) is 12.3 Å². The second-order valence-corrected chi connectivity index (χ2v) is 7.89. The Hall–Kier alpha value is -4.59. The molecule has 0 unspecified atom stereocenters. The number of carbonyl (C=O) groups is 3. The number of rotatable bonds is 7. The topological polar surface area (TPSA) is 105 Å². The molecule has 4 amide bonds. The fourth-order valence-electron chi connectivity index (χ4n) is 3.63. The average molecular weight is 472 g/mol. The Morgan fingerprint density at radius 2 is 1.71 bits per heavy atom. The summed E-state index contributed by atoms with van der Waals surface area (Å²) in [6.45, 7) is 4.60. The van der Waals surface area contributed by atoms with Crippen molar-refractivity contribution in [2.45, 2.75) is 20.5 Å². The van der Waals surface area contributed by atoms with Crippen LogP contribution in [0.1, 0.15) is 23.6 Å². The van der Waals surface area contributed by atoms with E-state index in [2.05, 4.69) is 5.32 Å². The van der Waals surface area contributed by atoms with Gasteiger partial charge in [-0.05, 0) is 67.4 Å². The lowest BCUT2D eigenvalue weighted by atomic mass is 10.1. The molecule has 1 saturated heterocycles. The van der Waals surface area contributed by atoms with Crippen LogP contribution in [0.5, 0.6) is 17.2 Å². The number of hydrogen-bond donors (Lipinski definition) is 2. The Morgan fingerprint density at radius 3 is 2.43 bits per heavy atom. The minimum Gasteiger partial charge on any atom is -0.508 e. The SMILES string of the molecule is CCOc1cc(/C=C2\C(=O)NC(=O)N(c3ccc(O)cc3)C2=O)ccc1OCc1cccc(C)c1. The molecule has 8 nitrogen and oxygen atoms in total. The number of barbiturate groups is 1. The Bertz CT molecular complexity index is 1310. The van der Waals surface area contributed by atoms with Gasteiger partial charge in [-0.3, -0.25) is 14.9 Å². The molecule has 1 fully saturated rings. The number of anilines is 1. The van der Waals surface area contributed by atoms with Gasteiger partial charge < -0.3 is 14.6 Å². The van der Waals surface area contributed by atoms with Gasteiger partial charge >= 0.3 is 6.03 Å². The maximum Gasteiger partial charge on any atom is 0.335 e. The summed E-state index contributed by atoms with van der Waals surface area (Å²) in [6, 6.07) is 17.7. The second kappa shape index (κ2) is 10.1. The van der Waals surface area contributed by atoms with Gasteiger partial charge in [0.25, 0.3) is 11.8 Å². The van der Waals surface area contributed by atoms with Crippen LogP contribution in [-0.4, -0.2) is 29.6 Å². The fraction of sp³-hybridized carbons (Fsp3) is 0.148. The summed E-state index contributed by atoms with van der Waals surface area (Å²) in [6.07, 6.45) is 1.39. The van der Waals surface area contributed by atoms with E-state index in [9.17, 15) is 19.5 Å². The molecule has 1 heterocycles. The van der Waals surface area contributed by atoms with E-state index in [1.807, 2.05) is 38.1 Å². The number of phenolic OH excluding ortho intramolecular Hbond substituents is 1. The summed E-state index contributed by atoms with van der Waals surface area (Å²) in [5.74, 6) is -0.603. The molecule has 0 aliphatic carbocycles.